The summed E-state index contributed by atoms with van der Waals surface area (Å²) in [5, 5.41) is 0. The lowest BCUT2D eigenvalue weighted by atomic mass is 10.2. The minimum atomic E-state index is -0.720. The van der Waals surface area contributed by atoms with E-state index < -0.39 is 18.4 Å². The number of esters is 1. The molecule has 0 spiro atoms. The molecule has 0 aliphatic carbocycles. The van der Waals surface area contributed by atoms with Crippen molar-refractivity contribution in [3.05, 3.63) is 35.9 Å². The summed E-state index contributed by atoms with van der Waals surface area (Å²) >= 11 is 0. The number of carbonyl (C=O) groups is 2. The molecule has 5 heteroatoms. The van der Waals surface area contributed by atoms with Crippen molar-refractivity contribution < 1.29 is 23.8 Å². The van der Waals surface area contributed by atoms with E-state index in [1.54, 1.807) is 24.3 Å². The fraction of sp³-hybridized carbons (Fsp3) is 0.385. The molecule has 0 saturated carbocycles. The van der Waals surface area contributed by atoms with E-state index in [0.29, 0.717) is 5.56 Å². The molecule has 0 unspecified atom stereocenters. The van der Waals surface area contributed by atoms with Gasteiger partial charge in [-0.15, -0.1) is 0 Å². The maximum atomic E-state index is 11.6. The van der Waals surface area contributed by atoms with Gasteiger partial charge in [0.2, 0.25) is 0 Å². The molecule has 0 bridgehead atoms. The molecular formula is C13H14O5. The number of benzene rings is 1. The summed E-state index contributed by atoms with van der Waals surface area (Å²) in [5.41, 5.74) is 0.450. The van der Waals surface area contributed by atoms with Crippen LogP contribution in [0.25, 0.3) is 0 Å². The number of hydrogen-bond acceptors (Lipinski definition) is 5. The highest BCUT2D eigenvalue weighted by Crippen LogP contribution is 2.17. The molecule has 1 heterocycles. The molecule has 1 aromatic carbocycles. The Morgan fingerprint density at radius 1 is 1.39 bits per heavy atom. The lowest BCUT2D eigenvalue weighted by molar-refractivity contribution is -0.135. The van der Waals surface area contributed by atoms with Crippen molar-refractivity contribution in [2.75, 3.05) is 13.7 Å². The Balaban J connectivity index is 1.85. The van der Waals surface area contributed by atoms with Gasteiger partial charge in [-0.1, -0.05) is 18.2 Å². The normalized spacial score (nSPS) is 23.1. The van der Waals surface area contributed by atoms with E-state index in [1.807, 2.05) is 6.07 Å². The van der Waals surface area contributed by atoms with Crippen molar-refractivity contribution in [2.24, 2.45) is 0 Å². The molecule has 1 aliphatic rings. The van der Waals surface area contributed by atoms with E-state index >= 15 is 0 Å². The summed E-state index contributed by atoms with van der Waals surface area (Å²) in [7, 11) is 1.47. The van der Waals surface area contributed by atoms with Crippen LogP contribution in [0.2, 0.25) is 0 Å². The SMILES string of the molecule is CO[C@H]1CC(=O)[C@@H](COC(=O)c2ccccc2)O1. The van der Waals surface area contributed by atoms with Crippen LogP contribution in [0.4, 0.5) is 0 Å². The highest BCUT2D eigenvalue weighted by atomic mass is 16.7. The van der Waals surface area contributed by atoms with E-state index in [4.69, 9.17) is 14.2 Å². The average Bonchev–Trinajstić information content (AvgIpc) is 2.77. The van der Waals surface area contributed by atoms with E-state index in [9.17, 15) is 9.59 Å². The lowest BCUT2D eigenvalue weighted by Gasteiger charge is -2.11. The monoisotopic (exact) mass is 250 g/mol. The largest absolute Gasteiger partial charge is 0.459 e. The van der Waals surface area contributed by atoms with Crippen LogP contribution in [-0.2, 0) is 19.0 Å². The van der Waals surface area contributed by atoms with Gasteiger partial charge in [-0.3, -0.25) is 4.79 Å². The van der Waals surface area contributed by atoms with Crippen LogP contribution in [0.1, 0.15) is 16.8 Å². The van der Waals surface area contributed by atoms with Gasteiger partial charge in [0.1, 0.15) is 6.61 Å². The first-order chi connectivity index (χ1) is 8.70. The fourth-order valence-electron chi connectivity index (χ4n) is 1.68. The summed E-state index contributed by atoms with van der Waals surface area (Å²) in [4.78, 5) is 23.1. The summed E-state index contributed by atoms with van der Waals surface area (Å²) in [6, 6.07) is 8.60. The second-order valence-corrected chi connectivity index (χ2v) is 3.92. The van der Waals surface area contributed by atoms with Crippen LogP contribution >= 0.6 is 0 Å². The Labute approximate surface area is 105 Å². The predicted octanol–water partition coefficient (Wildman–Crippen LogP) is 1.17. The average molecular weight is 250 g/mol. The zero-order valence-corrected chi connectivity index (χ0v) is 10.00. The van der Waals surface area contributed by atoms with Crippen molar-refractivity contribution >= 4 is 11.8 Å². The highest BCUT2D eigenvalue weighted by Gasteiger charge is 2.34. The third-order valence-electron chi connectivity index (χ3n) is 2.68. The fourth-order valence-corrected chi connectivity index (χ4v) is 1.68. The Bertz CT molecular complexity index is 428. The summed E-state index contributed by atoms with van der Waals surface area (Å²) < 4.78 is 15.2. The van der Waals surface area contributed by atoms with Gasteiger partial charge < -0.3 is 14.2 Å². The van der Waals surface area contributed by atoms with Crippen LogP contribution in [0.5, 0.6) is 0 Å². The molecule has 1 aliphatic heterocycles. The van der Waals surface area contributed by atoms with Gasteiger partial charge in [0.15, 0.2) is 18.2 Å². The molecule has 1 saturated heterocycles. The predicted molar refractivity (Wildman–Crippen MR) is 62.0 cm³/mol. The number of carbonyl (C=O) groups excluding carboxylic acids is 2. The van der Waals surface area contributed by atoms with E-state index in [0.717, 1.165) is 0 Å². The molecular weight excluding hydrogens is 236 g/mol. The van der Waals surface area contributed by atoms with Gasteiger partial charge in [0, 0.05) is 7.11 Å². The van der Waals surface area contributed by atoms with Gasteiger partial charge in [-0.2, -0.15) is 0 Å². The van der Waals surface area contributed by atoms with Gasteiger partial charge in [0.25, 0.3) is 0 Å². The zero-order chi connectivity index (χ0) is 13.0. The highest BCUT2D eigenvalue weighted by molar-refractivity contribution is 5.90. The first-order valence-electron chi connectivity index (χ1n) is 5.64. The number of hydrogen-bond donors (Lipinski definition) is 0. The molecule has 18 heavy (non-hydrogen) atoms. The Kier molecular flexibility index (Phi) is 4.07. The van der Waals surface area contributed by atoms with Crippen LogP contribution < -0.4 is 0 Å². The molecule has 5 nitrogen and oxygen atoms in total. The summed E-state index contributed by atoms with van der Waals surface area (Å²) in [6.45, 7) is -0.0770. The lowest BCUT2D eigenvalue weighted by Crippen LogP contribution is -2.25. The third kappa shape index (κ3) is 2.94. The van der Waals surface area contributed by atoms with E-state index in [-0.39, 0.29) is 18.8 Å². The van der Waals surface area contributed by atoms with Gasteiger partial charge in [-0.05, 0) is 12.1 Å². The van der Waals surface area contributed by atoms with Crippen molar-refractivity contribution in [3.63, 3.8) is 0 Å². The Morgan fingerprint density at radius 3 is 2.72 bits per heavy atom. The topological polar surface area (TPSA) is 61.8 Å². The van der Waals surface area contributed by atoms with Crippen LogP contribution in [-0.4, -0.2) is 37.9 Å². The number of rotatable bonds is 4. The zero-order valence-electron chi connectivity index (χ0n) is 10.00. The number of ether oxygens (including phenoxy) is 3. The van der Waals surface area contributed by atoms with Gasteiger partial charge in [-0.25, -0.2) is 4.79 Å². The molecule has 0 radical (unpaired) electrons. The van der Waals surface area contributed by atoms with Crippen LogP contribution in [0, 0.1) is 0 Å². The third-order valence-corrected chi connectivity index (χ3v) is 2.68. The van der Waals surface area contributed by atoms with Crippen molar-refractivity contribution in [1.82, 2.24) is 0 Å². The standard InChI is InChI=1S/C13H14O5/c1-16-12-7-10(14)11(18-12)8-17-13(15)9-5-3-2-4-6-9/h2-6,11-12H,7-8H2,1H3/t11-,12-/m1/s1. The number of Topliss-reactive ketones (excluding diaryl/α,β-unsaturated/α-hetero) is 1. The molecule has 0 aromatic heterocycles. The second kappa shape index (κ2) is 5.75. The quantitative estimate of drug-likeness (QED) is 0.751. The molecule has 2 rings (SSSR count). The molecule has 1 fully saturated rings. The molecule has 1 aromatic rings. The van der Waals surface area contributed by atoms with Crippen LogP contribution in [0.15, 0.2) is 30.3 Å². The molecule has 0 N–H and O–H groups in total. The minimum absolute atomic E-state index is 0.0770. The second-order valence-electron chi connectivity index (χ2n) is 3.92. The number of methoxy groups -OCH3 is 1. The van der Waals surface area contributed by atoms with E-state index in [1.165, 1.54) is 7.11 Å². The van der Waals surface area contributed by atoms with Crippen LogP contribution in [0.3, 0.4) is 0 Å². The number of ketones is 1. The minimum Gasteiger partial charge on any atom is -0.459 e. The van der Waals surface area contributed by atoms with Crippen molar-refractivity contribution in [2.45, 2.75) is 18.8 Å². The molecule has 96 valence electrons. The summed E-state index contributed by atoms with van der Waals surface area (Å²) in [5.74, 6) is -0.574. The summed E-state index contributed by atoms with van der Waals surface area (Å²) in [6.07, 6.45) is -1.05. The molecule has 0 amide bonds. The Morgan fingerprint density at radius 2 is 2.11 bits per heavy atom. The molecule has 2 atom stereocenters. The van der Waals surface area contributed by atoms with Gasteiger partial charge >= 0.3 is 5.97 Å². The van der Waals surface area contributed by atoms with Crippen molar-refractivity contribution in [3.8, 4) is 0 Å². The van der Waals surface area contributed by atoms with Gasteiger partial charge in [0.05, 0.1) is 12.0 Å². The maximum absolute atomic E-state index is 11.6. The first-order valence-corrected chi connectivity index (χ1v) is 5.64. The Hall–Kier alpha value is -1.72. The maximum Gasteiger partial charge on any atom is 0.338 e. The van der Waals surface area contributed by atoms with E-state index in [2.05, 4.69) is 0 Å². The first kappa shape index (κ1) is 12.7. The smallest absolute Gasteiger partial charge is 0.338 e. The van der Waals surface area contributed by atoms with Crippen molar-refractivity contribution in [1.29, 1.82) is 0 Å².